The van der Waals surface area contributed by atoms with Crippen LogP contribution in [0.15, 0.2) is 35.7 Å². The van der Waals surface area contributed by atoms with Crippen LogP contribution in [0.25, 0.3) is 0 Å². The van der Waals surface area contributed by atoms with Crippen molar-refractivity contribution < 1.29 is 5.11 Å². The molecule has 0 amide bonds. The second-order valence-corrected chi connectivity index (χ2v) is 5.77. The standard InChI is InChI=1S/C15H16OS/c1-10-6-7-17-15(10)14(16)9-12-8-11-4-2-3-5-13(11)12/h2-7,12,14,16H,8-9H2,1H3. The normalized spacial score (nSPS) is 19.5. The highest BCUT2D eigenvalue weighted by molar-refractivity contribution is 7.10. The molecule has 88 valence electrons. The van der Waals surface area contributed by atoms with Crippen LogP contribution in [0.4, 0.5) is 0 Å². The quantitative estimate of drug-likeness (QED) is 0.870. The third kappa shape index (κ3) is 1.92. The Morgan fingerprint density at radius 2 is 2.18 bits per heavy atom. The first kappa shape index (κ1) is 11.0. The number of aliphatic hydroxyl groups is 1. The second kappa shape index (κ2) is 4.28. The van der Waals surface area contributed by atoms with Crippen molar-refractivity contribution in [2.45, 2.75) is 31.8 Å². The average molecular weight is 244 g/mol. The molecule has 1 nitrogen and oxygen atoms in total. The summed E-state index contributed by atoms with van der Waals surface area (Å²) in [6.45, 7) is 2.07. The average Bonchev–Trinajstić information content (AvgIpc) is 2.72. The first-order valence-corrected chi connectivity index (χ1v) is 6.93. The molecule has 0 bridgehead atoms. The van der Waals surface area contributed by atoms with Crippen LogP contribution in [-0.4, -0.2) is 5.11 Å². The molecule has 1 heterocycles. The Labute approximate surface area is 106 Å². The number of benzene rings is 1. The summed E-state index contributed by atoms with van der Waals surface area (Å²) in [6, 6.07) is 10.6. The van der Waals surface area contributed by atoms with E-state index in [0.717, 1.165) is 17.7 Å². The van der Waals surface area contributed by atoms with Gasteiger partial charge in [0, 0.05) is 4.88 Å². The van der Waals surface area contributed by atoms with E-state index in [0.29, 0.717) is 5.92 Å². The summed E-state index contributed by atoms with van der Waals surface area (Å²) in [5.41, 5.74) is 4.10. The van der Waals surface area contributed by atoms with E-state index in [9.17, 15) is 5.11 Å². The molecule has 0 aliphatic heterocycles. The van der Waals surface area contributed by atoms with Gasteiger partial charge in [-0.25, -0.2) is 0 Å². The first-order chi connectivity index (χ1) is 8.25. The van der Waals surface area contributed by atoms with Crippen molar-refractivity contribution in [3.8, 4) is 0 Å². The minimum Gasteiger partial charge on any atom is -0.388 e. The maximum absolute atomic E-state index is 10.3. The van der Waals surface area contributed by atoms with E-state index in [1.54, 1.807) is 11.3 Å². The molecule has 0 saturated heterocycles. The van der Waals surface area contributed by atoms with Gasteiger partial charge in [-0.2, -0.15) is 0 Å². The molecule has 1 aliphatic carbocycles. The lowest BCUT2D eigenvalue weighted by molar-refractivity contribution is 0.156. The van der Waals surface area contributed by atoms with Gasteiger partial charge in [0.05, 0.1) is 6.10 Å². The predicted molar refractivity (Wildman–Crippen MR) is 71.5 cm³/mol. The van der Waals surface area contributed by atoms with Crippen LogP contribution < -0.4 is 0 Å². The zero-order valence-corrected chi connectivity index (χ0v) is 10.7. The van der Waals surface area contributed by atoms with Gasteiger partial charge in [0.15, 0.2) is 0 Å². The Balaban J connectivity index is 1.72. The predicted octanol–water partition coefficient (Wildman–Crippen LogP) is 3.82. The zero-order valence-electron chi connectivity index (χ0n) is 9.89. The number of thiophene rings is 1. The van der Waals surface area contributed by atoms with Crippen LogP contribution >= 0.6 is 11.3 Å². The van der Waals surface area contributed by atoms with Gasteiger partial charge in [0.1, 0.15) is 0 Å². The fourth-order valence-electron chi connectivity index (χ4n) is 2.68. The summed E-state index contributed by atoms with van der Waals surface area (Å²) in [5, 5.41) is 12.3. The van der Waals surface area contributed by atoms with Gasteiger partial charge in [-0.1, -0.05) is 24.3 Å². The summed E-state index contributed by atoms with van der Waals surface area (Å²) in [4.78, 5) is 1.13. The highest BCUT2D eigenvalue weighted by Crippen LogP contribution is 2.41. The number of hydrogen-bond acceptors (Lipinski definition) is 2. The van der Waals surface area contributed by atoms with E-state index in [-0.39, 0.29) is 6.10 Å². The van der Waals surface area contributed by atoms with Gasteiger partial charge in [-0.3, -0.25) is 0 Å². The van der Waals surface area contributed by atoms with Gasteiger partial charge in [-0.15, -0.1) is 11.3 Å². The van der Waals surface area contributed by atoms with Crippen molar-refractivity contribution in [1.29, 1.82) is 0 Å². The van der Waals surface area contributed by atoms with E-state index in [1.807, 2.05) is 0 Å². The molecule has 0 fully saturated rings. The molecule has 0 spiro atoms. The molecule has 2 heteroatoms. The summed E-state index contributed by atoms with van der Waals surface area (Å²) in [7, 11) is 0. The topological polar surface area (TPSA) is 20.2 Å². The molecule has 1 aromatic heterocycles. The largest absolute Gasteiger partial charge is 0.388 e. The third-order valence-corrected chi connectivity index (χ3v) is 4.79. The molecule has 2 atom stereocenters. The van der Waals surface area contributed by atoms with Crippen LogP contribution in [0.3, 0.4) is 0 Å². The van der Waals surface area contributed by atoms with Gasteiger partial charge in [0.25, 0.3) is 0 Å². The van der Waals surface area contributed by atoms with Crippen molar-refractivity contribution in [2.75, 3.05) is 0 Å². The first-order valence-electron chi connectivity index (χ1n) is 6.05. The monoisotopic (exact) mass is 244 g/mol. The fourth-order valence-corrected chi connectivity index (χ4v) is 3.60. The van der Waals surface area contributed by atoms with Gasteiger partial charge in [-0.05, 0) is 53.8 Å². The third-order valence-electron chi connectivity index (χ3n) is 3.67. The number of rotatable bonds is 3. The van der Waals surface area contributed by atoms with E-state index < -0.39 is 0 Å². The van der Waals surface area contributed by atoms with Gasteiger partial charge >= 0.3 is 0 Å². The maximum atomic E-state index is 10.3. The Morgan fingerprint density at radius 3 is 2.88 bits per heavy atom. The number of hydrogen-bond donors (Lipinski definition) is 1. The van der Waals surface area contributed by atoms with E-state index in [2.05, 4.69) is 42.6 Å². The SMILES string of the molecule is Cc1ccsc1C(O)CC1Cc2ccccc21. The molecule has 1 aliphatic rings. The van der Waals surface area contributed by atoms with Crippen molar-refractivity contribution in [1.82, 2.24) is 0 Å². The molecule has 2 unspecified atom stereocenters. The molecule has 0 saturated carbocycles. The summed E-state index contributed by atoms with van der Waals surface area (Å²) < 4.78 is 0. The molecule has 2 aromatic rings. The van der Waals surface area contributed by atoms with Crippen molar-refractivity contribution in [3.05, 3.63) is 57.3 Å². The second-order valence-electron chi connectivity index (χ2n) is 4.82. The number of fused-ring (bicyclic) bond motifs is 1. The zero-order chi connectivity index (χ0) is 11.8. The molecule has 3 rings (SSSR count). The van der Waals surface area contributed by atoms with Crippen LogP contribution in [0, 0.1) is 6.92 Å². The smallest absolute Gasteiger partial charge is 0.0890 e. The fraction of sp³-hybridized carbons (Fsp3) is 0.333. The van der Waals surface area contributed by atoms with Crippen LogP contribution in [0.2, 0.25) is 0 Å². The van der Waals surface area contributed by atoms with E-state index in [4.69, 9.17) is 0 Å². The Kier molecular flexibility index (Phi) is 2.77. The summed E-state index contributed by atoms with van der Waals surface area (Å²) in [5.74, 6) is 0.544. The van der Waals surface area contributed by atoms with Crippen LogP contribution in [0.1, 0.15) is 40.0 Å². The van der Waals surface area contributed by atoms with Gasteiger partial charge in [0.2, 0.25) is 0 Å². The molecule has 0 radical (unpaired) electrons. The Morgan fingerprint density at radius 1 is 1.35 bits per heavy atom. The van der Waals surface area contributed by atoms with Crippen molar-refractivity contribution in [2.24, 2.45) is 0 Å². The van der Waals surface area contributed by atoms with Crippen molar-refractivity contribution in [3.63, 3.8) is 0 Å². The van der Waals surface area contributed by atoms with Gasteiger partial charge < -0.3 is 5.11 Å². The van der Waals surface area contributed by atoms with E-state index in [1.165, 1.54) is 16.7 Å². The van der Waals surface area contributed by atoms with Crippen molar-refractivity contribution >= 4 is 11.3 Å². The van der Waals surface area contributed by atoms with Crippen LogP contribution in [-0.2, 0) is 6.42 Å². The lowest BCUT2D eigenvalue weighted by Gasteiger charge is -2.31. The lowest BCUT2D eigenvalue weighted by atomic mass is 9.74. The Bertz CT molecular complexity index is 529. The molecule has 1 N–H and O–H groups in total. The summed E-state index contributed by atoms with van der Waals surface area (Å²) in [6.07, 6.45) is 1.68. The molecular weight excluding hydrogens is 228 g/mol. The highest BCUT2D eigenvalue weighted by atomic mass is 32.1. The summed E-state index contributed by atoms with van der Waals surface area (Å²) >= 11 is 1.67. The number of aryl methyl sites for hydroxylation is 1. The Hall–Kier alpha value is -1.12. The van der Waals surface area contributed by atoms with E-state index >= 15 is 0 Å². The minimum absolute atomic E-state index is 0.298. The highest BCUT2D eigenvalue weighted by Gasteiger charge is 2.28. The number of aliphatic hydroxyl groups excluding tert-OH is 1. The lowest BCUT2D eigenvalue weighted by Crippen LogP contribution is -2.19. The molecule has 1 aromatic carbocycles. The van der Waals surface area contributed by atoms with Crippen LogP contribution in [0.5, 0.6) is 0 Å². The molecule has 17 heavy (non-hydrogen) atoms. The maximum Gasteiger partial charge on any atom is 0.0890 e. The minimum atomic E-state index is -0.298. The molecular formula is C15H16OS.